The average Bonchev–Trinajstić information content (AvgIpc) is 3.00. The van der Waals surface area contributed by atoms with Crippen LogP contribution in [0.15, 0.2) is 65.6 Å². The summed E-state index contributed by atoms with van der Waals surface area (Å²) in [5.74, 6) is -0.449. The fourth-order valence-corrected chi connectivity index (χ4v) is 6.46. The van der Waals surface area contributed by atoms with Crippen LogP contribution < -0.4 is 19.1 Å². The van der Waals surface area contributed by atoms with E-state index in [2.05, 4.69) is 5.32 Å². The second-order valence-corrected chi connectivity index (χ2v) is 13.1. The number of nitrogens with one attached hydrogen (secondary N) is 1. The Morgan fingerprint density at radius 1 is 0.864 bits per heavy atom. The molecule has 0 aliphatic rings. The van der Waals surface area contributed by atoms with E-state index < -0.39 is 28.5 Å². The summed E-state index contributed by atoms with van der Waals surface area (Å²) >= 11 is 18.7. The predicted molar refractivity (Wildman–Crippen MR) is 175 cm³/mol. The molecule has 0 saturated carbocycles. The summed E-state index contributed by atoms with van der Waals surface area (Å²) in [4.78, 5) is 28.9. The van der Waals surface area contributed by atoms with Gasteiger partial charge in [-0.1, -0.05) is 54.7 Å². The number of rotatable bonds is 14. The summed E-state index contributed by atoms with van der Waals surface area (Å²) in [6, 6.07) is 14.0. The monoisotopic (exact) mass is 683 g/mol. The SMILES string of the molecule is CC[C@H](C(=O)N[C@@H](C)CC)N(Cc1ccc(Cl)cc1Cl)C(=O)CN(c1ccc(Cl)cc1)S(=O)(=O)c1ccc(OC)c(OC)c1. The molecule has 0 spiro atoms. The van der Waals surface area contributed by atoms with E-state index >= 15 is 0 Å². The Balaban J connectivity index is 2.12. The lowest BCUT2D eigenvalue weighted by atomic mass is 10.1. The molecule has 9 nitrogen and oxygen atoms in total. The van der Waals surface area contributed by atoms with Crippen molar-refractivity contribution in [2.75, 3.05) is 25.1 Å². The standard InChI is InChI=1S/C31H36Cl3N3O6S/c1-6-20(3)35-31(39)27(7-2)36(18-21-8-9-23(33)16-26(21)34)30(38)19-37(24-12-10-22(32)11-13-24)44(40,41)25-14-15-28(42-4)29(17-25)43-5/h8-17,20,27H,6-7,18-19H2,1-5H3,(H,35,39)/t20-,27+/m0/s1. The first-order valence-electron chi connectivity index (χ1n) is 13.9. The molecular weight excluding hydrogens is 649 g/mol. The van der Waals surface area contributed by atoms with Crippen LogP contribution in [0.25, 0.3) is 0 Å². The maximum absolute atomic E-state index is 14.2. The van der Waals surface area contributed by atoms with E-state index in [0.29, 0.717) is 32.8 Å². The molecule has 0 aliphatic carbocycles. The summed E-state index contributed by atoms with van der Waals surface area (Å²) in [5.41, 5.74) is 0.735. The van der Waals surface area contributed by atoms with Crippen molar-refractivity contribution in [3.8, 4) is 11.5 Å². The van der Waals surface area contributed by atoms with Crippen molar-refractivity contribution in [1.82, 2.24) is 10.2 Å². The number of halogens is 3. The zero-order chi connectivity index (χ0) is 32.6. The van der Waals surface area contributed by atoms with Crippen molar-refractivity contribution < 1.29 is 27.5 Å². The van der Waals surface area contributed by atoms with Gasteiger partial charge in [-0.05, 0) is 73.9 Å². The highest BCUT2D eigenvalue weighted by atomic mass is 35.5. The van der Waals surface area contributed by atoms with Gasteiger partial charge in [-0.25, -0.2) is 8.42 Å². The lowest BCUT2D eigenvalue weighted by Gasteiger charge is -2.34. The van der Waals surface area contributed by atoms with Crippen LogP contribution in [-0.2, 0) is 26.2 Å². The van der Waals surface area contributed by atoms with Crippen molar-refractivity contribution >= 4 is 62.3 Å². The zero-order valence-corrected chi connectivity index (χ0v) is 28.2. The molecule has 1 N–H and O–H groups in total. The van der Waals surface area contributed by atoms with Crippen molar-refractivity contribution in [2.24, 2.45) is 0 Å². The molecule has 3 rings (SSSR count). The van der Waals surface area contributed by atoms with Crippen LogP contribution in [0.1, 0.15) is 39.2 Å². The van der Waals surface area contributed by atoms with Crippen molar-refractivity contribution in [1.29, 1.82) is 0 Å². The molecule has 0 bridgehead atoms. The van der Waals surface area contributed by atoms with Gasteiger partial charge in [0, 0.05) is 33.7 Å². The molecule has 0 radical (unpaired) electrons. The van der Waals surface area contributed by atoms with Gasteiger partial charge in [-0.2, -0.15) is 0 Å². The minimum atomic E-state index is -4.35. The third kappa shape index (κ3) is 8.50. The third-order valence-electron chi connectivity index (χ3n) is 7.08. The fraction of sp³-hybridized carbons (Fsp3) is 0.355. The quantitative estimate of drug-likeness (QED) is 0.206. The minimum absolute atomic E-state index is 0.0634. The Kier molecular flexibility index (Phi) is 12.6. The number of hydrogen-bond acceptors (Lipinski definition) is 6. The topological polar surface area (TPSA) is 105 Å². The molecule has 44 heavy (non-hydrogen) atoms. The normalized spacial score (nSPS) is 12.6. The molecule has 0 heterocycles. The Morgan fingerprint density at radius 3 is 2.07 bits per heavy atom. The Hall–Kier alpha value is -3.18. The van der Waals surface area contributed by atoms with Crippen LogP contribution >= 0.6 is 34.8 Å². The Bertz CT molecular complexity index is 1570. The van der Waals surface area contributed by atoms with Gasteiger partial charge in [-0.15, -0.1) is 0 Å². The summed E-state index contributed by atoms with van der Waals surface area (Å²) in [6.07, 6.45) is 0.954. The van der Waals surface area contributed by atoms with Crippen LogP contribution in [0.4, 0.5) is 5.69 Å². The number of anilines is 1. The molecule has 0 saturated heterocycles. The molecule has 238 valence electrons. The molecular formula is C31H36Cl3N3O6S. The molecule has 3 aromatic rings. The number of ether oxygens (including phenoxy) is 2. The maximum Gasteiger partial charge on any atom is 0.264 e. The van der Waals surface area contributed by atoms with Crippen LogP contribution in [0, 0.1) is 0 Å². The Labute approximate surface area is 274 Å². The van der Waals surface area contributed by atoms with Gasteiger partial charge in [0.2, 0.25) is 11.8 Å². The third-order valence-corrected chi connectivity index (χ3v) is 9.69. The van der Waals surface area contributed by atoms with E-state index in [1.807, 2.05) is 13.8 Å². The van der Waals surface area contributed by atoms with Crippen LogP contribution in [-0.4, -0.2) is 58.0 Å². The van der Waals surface area contributed by atoms with E-state index in [-0.39, 0.29) is 41.2 Å². The van der Waals surface area contributed by atoms with Crippen LogP contribution in [0.2, 0.25) is 15.1 Å². The summed E-state index contributed by atoms with van der Waals surface area (Å²) in [5, 5.41) is 4.04. The molecule has 0 fully saturated rings. The molecule has 3 aromatic carbocycles. The number of carbonyl (C=O) groups excluding carboxylic acids is 2. The molecule has 0 aromatic heterocycles. The minimum Gasteiger partial charge on any atom is -0.493 e. The smallest absolute Gasteiger partial charge is 0.264 e. The van der Waals surface area contributed by atoms with Gasteiger partial charge in [0.25, 0.3) is 10.0 Å². The molecule has 2 amide bonds. The number of amides is 2. The predicted octanol–water partition coefficient (Wildman–Crippen LogP) is 6.58. The number of hydrogen-bond donors (Lipinski definition) is 1. The number of sulfonamides is 1. The zero-order valence-electron chi connectivity index (χ0n) is 25.1. The first kappa shape index (κ1) is 35.3. The summed E-state index contributed by atoms with van der Waals surface area (Å²) < 4.78 is 39.9. The van der Waals surface area contributed by atoms with E-state index in [1.54, 1.807) is 25.1 Å². The summed E-state index contributed by atoms with van der Waals surface area (Å²) in [7, 11) is -1.52. The first-order chi connectivity index (χ1) is 20.9. The van der Waals surface area contributed by atoms with Crippen molar-refractivity contribution in [2.45, 2.75) is 57.1 Å². The number of benzene rings is 3. The lowest BCUT2D eigenvalue weighted by Crippen LogP contribution is -2.53. The van der Waals surface area contributed by atoms with Gasteiger partial charge >= 0.3 is 0 Å². The molecule has 0 unspecified atom stereocenters. The number of nitrogens with zero attached hydrogens (tertiary/aromatic N) is 2. The van der Waals surface area contributed by atoms with Crippen LogP contribution in [0.3, 0.4) is 0 Å². The van der Waals surface area contributed by atoms with Crippen molar-refractivity contribution in [3.63, 3.8) is 0 Å². The number of methoxy groups -OCH3 is 2. The average molecular weight is 685 g/mol. The van der Waals surface area contributed by atoms with E-state index in [9.17, 15) is 18.0 Å². The highest BCUT2D eigenvalue weighted by Crippen LogP contribution is 2.33. The van der Waals surface area contributed by atoms with Gasteiger partial charge in [0.15, 0.2) is 11.5 Å². The largest absolute Gasteiger partial charge is 0.493 e. The molecule has 13 heteroatoms. The van der Waals surface area contributed by atoms with E-state index in [0.717, 1.165) is 4.31 Å². The van der Waals surface area contributed by atoms with Crippen LogP contribution in [0.5, 0.6) is 11.5 Å². The Morgan fingerprint density at radius 2 is 1.50 bits per heavy atom. The van der Waals surface area contributed by atoms with Gasteiger partial charge < -0.3 is 19.7 Å². The van der Waals surface area contributed by atoms with Gasteiger partial charge in [0.1, 0.15) is 12.6 Å². The second-order valence-electron chi connectivity index (χ2n) is 10.0. The van der Waals surface area contributed by atoms with Gasteiger partial charge in [0.05, 0.1) is 24.8 Å². The van der Waals surface area contributed by atoms with Crippen molar-refractivity contribution in [3.05, 3.63) is 81.3 Å². The second kappa shape index (κ2) is 15.7. The molecule has 2 atom stereocenters. The van der Waals surface area contributed by atoms with E-state index in [1.165, 1.54) is 61.6 Å². The maximum atomic E-state index is 14.2. The highest BCUT2D eigenvalue weighted by Gasteiger charge is 2.34. The first-order valence-corrected chi connectivity index (χ1v) is 16.5. The lowest BCUT2D eigenvalue weighted by molar-refractivity contribution is -0.140. The summed E-state index contributed by atoms with van der Waals surface area (Å²) in [6.45, 7) is 4.89. The number of carbonyl (C=O) groups is 2. The van der Waals surface area contributed by atoms with E-state index in [4.69, 9.17) is 44.3 Å². The molecule has 0 aliphatic heterocycles. The highest BCUT2D eigenvalue weighted by molar-refractivity contribution is 7.92. The van der Waals surface area contributed by atoms with Gasteiger partial charge in [-0.3, -0.25) is 13.9 Å². The fourth-order valence-electron chi connectivity index (χ4n) is 4.43.